The summed E-state index contributed by atoms with van der Waals surface area (Å²) in [6.45, 7) is 4.62. The second-order valence-corrected chi connectivity index (χ2v) is 4.30. The van der Waals surface area contributed by atoms with E-state index in [0.717, 1.165) is 12.8 Å². The lowest BCUT2D eigenvalue weighted by atomic mass is 9.98. The van der Waals surface area contributed by atoms with Gasteiger partial charge in [0.25, 0.3) is 0 Å². The van der Waals surface area contributed by atoms with Gasteiger partial charge in [-0.05, 0) is 37.8 Å². The van der Waals surface area contributed by atoms with Crippen molar-refractivity contribution in [2.45, 2.75) is 32.8 Å². The number of benzene rings is 1. The molecule has 0 spiro atoms. The summed E-state index contributed by atoms with van der Waals surface area (Å²) in [6.07, 6.45) is 1.43. The molecule has 1 aromatic rings. The van der Waals surface area contributed by atoms with Crippen LogP contribution in [0.4, 0.5) is 0 Å². The lowest BCUT2D eigenvalue weighted by Crippen LogP contribution is -2.25. The quantitative estimate of drug-likeness (QED) is 0.774. The lowest BCUT2D eigenvalue weighted by molar-refractivity contribution is 0.112. The average molecular weight is 207 g/mol. The molecule has 0 saturated carbocycles. The van der Waals surface area contributed by atoms with E-state index < -0.39 is 0 Å². The molecule has 0 aliphatic carbocycles. The number of hydrogen-bond acceptors (Lipinski definition) is 2. The second-order valence-electron chi connectivity index (χ2n) is 4.30. The first kappa shape index (κ1) is 12.2. The molecule has 0 heterocycles. The minimum atomic E-state index is -0.281. The van der Waals surface area contributed by atoms with Gasteiger partial charge in [-0.25, -0.2) is 0 Å². The molecular formula is C13H21NO. The SMILES string of the molecule is Cc1ccc(CCC(O)C(C)CN)cc1. The van der Waals surface area contributed by atoms with Crippen molar-refractivity contribution in [3.63, 3.8) is 0 Å². The topological polar surface area (TPSA) is 46.2 Å². The molecule has 84 valence electrons. The first-order chi connectivity index (χ1) is 7.13. The normalized spacial score (nSPS) is 14.9. The van der Waals surface area contributed by atoms with Gasteiger partial charge in [-0.1, -0.05) is 36.8 Å². The van der Waals surface area contributed by atoms with Crippen LogP contribution in [0.5, 0.6) is 0 Å². The summed E-state index contributed by atoms with van der Waals surface area (Å²) >= 11 is 0. The minimum Gasteiger partial charge on any atom is -0.393 e. The summed E-state index contributed by atoms with van der Waals surface area (Å²) in [5.74, 6) is 0.190. The van der Waals surface area contributed by atoms with E-state index in [4.69, 9.17) is 5.73 Å². The van der Waals surface area contributed by atoms with Crippen molar-refractivity contribution in [3.8, 4) is 0 Å². The van der Waals surface area contributed by atoms with Gasteiger partial charge in [-0.3, -0.25) is 0 Å². The van der Waals surface area contributed by atoms with Crippen LogP contribution in [0.15, 0.2) is 24.3 Å². The molecule has 0 radical (unpaired) electrons. The Kier molecular flexibility index (Phi) is 4.79. The maximum atomic E-state index is 9.75. The van der Waals surface area contributed by atoms with Gasteiger partial charge in [0.15, 0.2) is 0 Å². The van der Waals surface area contributed by atoms with E-state index in [1.807, 2.05) is 6.92 Å². The van der Waals surface area contributed by atoms with Gasteiger partial charge >= 0.3 is 0 Å². The number of aliphatic hydroxyl groups excluding tert-OH is 1. The van der Waals surface area contributed by atoms with Gasteiger partial charge in [-0.2, -0.15) is 0 Å². The fraction of sp³-hybridized carbons (Fsp3) is 0.538. The molecule has 1 rings (SSSR count). The average Bonchev–Trinajstić information content (AvgIpc) is 2.26. The predicted molar refractivity (Wildman–Crippen MR) is 63.7 cm³/mol. The lowest BCUT2D eigenvalue weighted by Gasteiger charge is -2.16. The molecule has 3 N–H and O–H groups in total. The second kappa shape index (κ2) is 5.89. The molecule has 0 saturated heterocycles. The third-order valence-electron chi connectivity index (χ3n) is 2.88. The van der Waals surface area contributed by atoms with E-state index in [9.17, 15) is 5.11 Å². The molecule has 0 fully saturated rings. The van der Waals surface area contributed by atoms with Crippen molar-refractivity contribution < 1.29 is 5.11 Å². The fourth-order valence-electron chi connectivity index (χ4n) is 1.51. The Bertz CT molecular complexity index is 281. The van der Waals surface area contributed by atoms with Crippen LogP contribution in [0.25, 0.3) is 0 Å². The summed E-state index contributed by atoms with van der Waals surface area (Å²) in [5, 5.41) is 9.75. The van der Waals surface area contributed by atoms with Crippen molar-refractivity contribution >= 4 is 0 Å². The molecular weight excluding hydrogens is 186 g/mol. The van der Waals surface area contributed by atoms with Crippen LogP contribution in [0, 0.1) is 12.8 Å². The number of aliphatic hydroxyl groups is 1. The molecule has 2 heteroatoms. The van der Waals surface area contributed by atoms with Gasteiger partial charge in [0.1, 0.15) is 0 Å². The number of hydrogen-bond donors (Lipinski definition) is 2. The molecule has 2 unspecified atom stereocenters. The predicted octanol–water partition coefficient (Wildman–Crippen LogP) is 1.88. The summed E-state index contributed by atoms with van der Waals surface area (Å²) < 4.78 is 0. The number of nitrogens with two attached hydrogens (primary N) is 1. The zero-order chi connectivity index (χ0) is 11.3. The van der Waals surface area contributed by atoms with Crippen LogP contribution in [0.1, 0.15) is 24.5 Å². The summed E-state index contributed by atoms with van der Waals surface area (Å²) in [7, 11) is 0. The highest BCUT2D eigenvalue weighted by atomic mass is 16.3. The first-order valence-electron chi connectivity index (χ1n) is 5.57. The third-order valence-corrected chi connectivity index (χ3v) is 2.88. The van der Waals surface area contributed by atoms with Crippen LogP contribution < -0.4 is 5.73 Å². The molecule has 0 bridgehead atoms. The third kappa shape index (κ3) is 4.02. The molecule has 0 aliphatic heterocycles. The molecule has 0 aliphatic rings. The molecule has 2 atom stereocenters. The Hall–Kier alpha value is -0.860. The van der Waals surface area contributed by atoms with Crippen LogP contribution in [0.3, 0.4) is 0 Å². The van der Waals surface area contributed by atoms with Crippen LogP contribution in [-0.4, -0.2) is 17.8 Å². The Morgan fingerprint density at radius 3 is 2.40 bits per heavy atom. The Balaban J connectivity index is 2.40. The fourth-order valence-corrected chi connectivity index (χ4v) is 1.51. The largest absolute Gasteiger partial charge is 0.393 e. The Morgan fingerprint density at radius 1 is 1.27 bits per heavy atom. The zero-order valence-electron chi connectivity index (χ0n) is 9.61. The van der Waals surface area contributed by atoms with E-state index in [1.54, 1.807) is 0 Å². The van der Waals surface area contributed by atoms with Crippen molar-refractivity contribution in [1.29, 1.82) is 0 Å². The van der Waals surface area contributed by atoms with Crippen molar-refractivity contribution in [3.05, 3.63) is 35.4 Å². The molecule has 15 heavy (non-hydrogen) atoms. The summed E-state index contributed by atoms with van der Waals surface area (Å²) in [4.78, 5) is 0. The van der Waals surface area contributed by atoms with E-state index in [0.29, 0.717) is 6.54 Å². The van der Waals surface area contributed by atoms with Crippen LogP contribution in [-0.2, 0) is 6.42 Å². The van der Waals surface area contributed by atoms with Crippen molar-refractivity contribution in [1.82, 2.24) is 0 Å². The Labute approximate surface area is 92.1 Å². The summed E-state index contributed by atoms with van der Waals surface area (Å²) in [6, 6.07) is 8.45. The highest BCUT2D eigenvalue weighted by molar-refractivity contribution is 5.21. The standard InChI is InChI=1S/C13H21NO/c1-10-3-5-12(6-4-10)7-8-13(15)11(2)9-14/h3-6,11,13,15H,7-9,14H2,1-2H3. The molecule has 0 aromatic heterocycles. The van der Waals surface area contributed by atoms with Gasteiger partial charge < -0.3 is 10.8 Å². The molecule has 0 amide bonds. The van der Waals surface area contributed by atoms with Crippen molar-refractivity contribution in [2.75, 3.05) is 6.54 Å². The van der Waals surface area contributed by atoms with Gasteiger partial charge in [0, 0.05) is 0 Å². The van der Waals surface area contributed by atoms with Gasteiger partial charge in [-0.15, -0.1) is 0 Å². The maximum absolute atomic E-state index is 9.75. The number of aryl methyl sites for hydroxylation is 2. The smallest absolute Gasteiger partial charge is 0.0581 e. The van der Waals surface area contributed by atoms with E-state index in [1.165, 1.54) is 11.1 Å². The van der Waals surface area contributed by atoms with Crippen LogP contribution >= 0.6 is 0 Å². The van der Waals surface area contributed by atoms with Gasteiger partial charge in [0.05, 0.1) is 6.10 Å². The zero-order valence-corrected chi connectivity index (χ0v) is 9.61. The van der Waals surface area contributed by atoms with Crippen molar-refractivity contribution in [2.24, 2.45) is 11.7 Å². The van der Waals surface area contributed by atoms with Gasteiger partial charge in [0.2, 0.25) is 0 Å². The number of rotatable bonds is 5. The maximum Gasteiger partial charge on any atom is 0.0581 e. The van der Waals surface area contributed by atoms with Crippen LogP contribution in [0.2, 0.25) is 0 Å². The van der Waals surface area contributed by atoms with E-state index >= 15 is 0 Å². The minimum absolute atomic E-state index is 0.190. The molecule has 1 aromatic carbocycles. The Morgan fingerprint density at radius 2 is 1.87 bits per heavy atom. The monoisotopic (exact) mass is 207 g/mol. The highest BCUT2D eigenvalue weighted by Gasteiger charge is 2.11. The van der Waals surface area contributed by atoms with E-state index in [-0.39, 0.29) is 12.0 Å². The molecule has 2 nitrogen and oxygen atoms in total. The summed E-state index contributed by atoms with van der Waals surface area (Å²) in [5.41, 5.74) is 8.06. The highest BCUT2D eigenvalue weighted by Crippen LogP contribution is 2.11. The first-order valence-corrected chi connectivity index (χ1v) is 5.57. The van der Waals surface area contributed by atoms with E-state index in [2.05, 4.69) is 31.2 Å².